The van der Waals surface area contributed by atoms with E-state index < -0.39 is 17.6 Å². The fourth-order valence-electron chi connectivity index (χ4n) is 2.61. The third-order valence-electron chi connectivity index (χ3n) is 3.88. The van der Waals surface area contributed by atoms with Crippen LogP contribution in [0.4, 0.5) is 10.1 Å². The normalized spacial score (nSPS) is 10.3. The number of amides is 2. The molecule has 0 fully saturated rings. The Morgan fingerprint density at radius 2 is 1.96 bits per heavy atom. The first-order chi connectivity index (χ1) is 12.5. The van der Waals surface area contributed by atoms with Gasteiger partial charge in [0.2, 0.25) is 0 Å². The van der Waals surface area contributed by atoms with Gasteiger partial charge in [-0.2, -0.15) is 0 Å². The maximum Gasteiger partial charge on any atom is 0.291 e. The first-order valence-electron chi connectivity index (χ1n) is 7.82. The van der Waals surface area contributed by atoms with Crippen molar-refractivity contribution in [2.75, 3.05) is 11.9 Å². The molecule has 130 valence electrons. The maximum absolute atomic E-state index is 13.4. The number of carbonyl (C=O) groups excluding carboxylic acids is 2. The zero-order valence-corrected chi connectivity index (χ0v) is 13.9. The van der Waals surface area contributed by atoms with E-state index in [0.29, 0.717) is 22.2 Å². The molecule has 6 heteroatoms. The first-order valence-corrected chi connectivity index (χ1v) is 7.82. The van der Waals surface area contributed by atoms with Gasteiger partial charge in [0.25, 0.3) is 11.8 Å². The minimum atomic E-state index is -0.531. The van der Waals surface area contributed by atoms with E-state index in [9.17, 15) is 14.0 Å². The molecule has 5 nitrogen and oxygen atoms in total. The molecule has 3 aromatic rings. The SMILES string of the molecule is C#CCNC(=O)c1ccccc1NC(=O)c1oc2ccc(F)cc2c1C. The standard InChI is InChI=1S/C20H15FN2O3/c1-3-10-22-19(24)14-6-4-5-7-16(14)23-20(25)18-12(2)15-11-13(21)8-9-17(15)26-18/h1,4-9,11H,10H2,2H3,(H,22,24)(H,23,25). The number of nitrogens with one attached hydrogen (secondary N) is 2. The molecule has 26 heavy (non-hydrogen) atoms. The Bertz CT molecular complexity index is 1050. The number of hydrogen-bond donors (Lipinski definition) is 2. The van der Waals surface area contributed by atoms with Gasteiger partial charge in [0.15, 0.2) is 5.76 Å². The molecule has 2 N–H and O–H groups in total. The van der Waals surface area contributed by atoms with E-state index in [4.69, 9.17) is 10.8 Å². The van der Waals surface area contributed by atoms with E-state index in [1.165, 1.54) is 18.2 Å². The van der Waals surface area contributed by atoms with Gasteiger partial charge in [-0.05, 0) is 37.3 Å². The molecule has 1 aromatic heterocycles. The summed E-state index contributed by atoms with van der Waals surface area (Å²) < 4.78 is 19.0. The highest BCUT2D eigenvalue weighted by molar-refractivity contribution is 6.10. The van der Waals surface area contributed by atoms with Gasteiger partial charge >= 0.3 is 0 Å². The number of hydrogen-bond acceptors (Lipinski definition) is 3. The molecule has 3 rings (SSSR count). The lowest BCUT2D eigenvalue weighted by Gasteiger charge is -2.10. The molecule has 0 saturated carbocycles. The molecule has 0 unspecified atom stereocenters. The molecule has 0 aliphatic carbocycles. The number of aryl methyl sites for hydroxylation is 1. The highest BCUT2D eigenvalue weighted by Gasteiger charge is 2.20. The van der Waals surface area contributed by atoms with Crippen molar-refractivity contribution >= 4 is 28.5 Å². The highest BCUT2D eigenvalue weighted by Crippen LogP contribution is 2.27. The summed E-state index contributed by atoms with van der Waals surface area (Å²) in [6.45, 7) is 1.75. The lowest BCUT2D eigenvalue weighted by atomic mass is 10.1. The minimum Gasteiger partial charge on any atom is -0.451 e. The van der Waals surface area contributed by atoms with Crippen molar-refractivity contribution in [2.24, 2.45) is 0 Å². The molecule has 0 aliphatic heterocycles. The Labute approximate surface area is 149 Å². The topological polar surface area (TPSA) is 71.3 Å². The second kappa shape index (κ2) is 7.11. The number of furan rings is 1. The van der Waals surface area contributed by atoms with Gasteiger partial charge in [-0.15, -0.1) is 6.42 Å². The zero-order valence-electron chi connectivity index (χ0n) is 13.9. The molecular weight excluding hydrogens is 335 g/mol. The molecular formula is C20H15FN2O3. The van der Waals surface area contributed by atoms with E-state index in [-0.39, 0.29) is 17.9 Å². The summed E-state index contributed by atoms with van der Waals surface area (Å²) in [5.41, 5.74) is 1.52. The van der Waals surface area contributed by atoms with Crippen LogP contribution < -0.4 is 10.6 Å². The van der Waals surface area contributed by atoms with Crippen LogP contribution in [0.25, 0.3) is 11.0 Å². The quantitative estimate of drug-likeness (QED) is 0.708. The summed E-state index contributed by atoms with van der Waals surface area (Å²) in [5, 5.41) is 5.73. The molecule has 0 aliphatic rings. The predicted molar refractivity (Wildman–Crippen MR) is 96.5 cm³/mol. The number of rotatable bonds is 4. The average Bonchev–Trinajstić information content (AvgIpc) is 2.96. The Balaban J connectivity index is 1.91. The summed E-state index contributed by atoms with van der Waals surface area (Å²) in [7, 11) is 0. The van der Waals surface area contributed by atoms with Crippen molar-refractivity contribution in [3.8, 4) is 12.3 Å². The van der Waals surface area contributed by atoms with Crippen molar-refractivity contribution in [3.05, 3.63) is 65.2 Å². The molecule has 2 aromatic carbocycles. The Hall–Kier alpha value is -3.59. The Morgan fingerprint density at radius 1 is 1.19 bits per heavy atom. The van der Waals surface area contributed by atoms with Gasteiger partial charge in [-0.1, -0.05) is 18.1 Å². The maximum atomic E-state index is 13.4. The molecule has 2 amide bonds. The molecule has 1 heterocycles. The van der Waals surface area contributed by atoms with E-state index in [2.05, 4.69) is 16.6 Å². The van der Waals surface area contributed by atoms with Crippen LogP contribution in [0.5, 0.6) is 0 Å². The van der Waals surface area contributed by atoms with Crippen molar-refractivity contribution in [1.82, 2.24) is 5.32 Å². The van der Waals surface area contributed by atoms with Gasteiger partial charge in [0.05, 0.1) is 17.8 Å². The third-order valence-corrected chi connectivity index (χ3v) is 3.88. The predicted octanol–water partition coefficient (Wildman–Crippen LogP) is 3.50. The fourth-order valence-corrected chi connectivity index (χ4v) is 2.61. The Kier molecular flexibility index (Phi) is 4.72. The van der Waals surface area contributed by atoms with Crippen LogP contribution in [-0.2, 0) is 0 Å². The van der Waals surface area contributed by atoms with E-state index in [0.717, 1.165) is 0 Å². The fraction of sp³-hybridized carbons (Fsp3) is 0.100. The van der Waals surface area contributed by atoms with Gasteiger partial charge in [0, 0.05) is 10.9 Å². The lowest BCUT2D eigenvalue weighted by Crippen LogP contribution is -2.25. The first kappa shape index (κ1) is 17.2. The van der Waals surface area contributed by atoms with Gasteiger partial charge < -0.3 is 15.1 Å². The van der Waals surface area contributed by atoms with Crippen LogP contribution in [0.15, 0.2) is 46.9 Å². The van der Waals surface area contributed by atoms with Gasteiger partial charge in [-0.3, -0.25) is 9.59 Å². The van der Waals surface area contributed by atoms with Crippen molar-refractivity contribution in [2.45, 2.75) is 6.92 Å². The average molecular weight is 350 g/mol. The largest absolute Gasteiger partial charge is 0.451 e. The smallest absolute Gasteiger partial charge is 0.291 e. The van der Waals surface area contributed by atoms with Crippen LogP contribution in [-0.4, -0.2) is 18.4 Å². The number of terminal acetylenes is 1. The van der Waals surface area contributed by atoms with Gasteiger partial charge in [0.1, 0.15) is 11.4 Å². The van der Waals surface area contributed by atoms with Crippen LogP contribution in [0.2, 0.25) is 0 Å². The van der Waals surface area contributed by atoms with E-state index in [1.54, 1.807) is 31.2 Å². The summed E-state index contributed by atoms with van der Waals surface area (Å²) in [6, 6.07) is 10.6. The summed E-state index contributed by atoms with van der Waals surface area (Å²) in [4.78, 5) is 24.8. The van der Waals surface area contributed by atoms with Gasteiger partial charge in [-0.25, -0.2) is 4.39 Å². The van der Waals surface area contributed by atoms with Crippen molar-refractivity contribution < 1.29 is 18.4 Å². The van der Waals surface area contributed by atoms with Crippen LogP contribution >= 0.6 is 0 Å². The number of anilines is 1. The lowest BCUT2D eigenvalue weighted by molar-refractivity contribution is 0.0959. The molecule has 0 atom stereocenters. The second-order valence-electron chi connectivity index (χ2n) is 5.58. The number of carbonyl (C=O) groups is 2. The molecule has 0 saturated heterocycles. The summed E-state index contributed by atoms with van der Waals surface area (Å²) >= 11 is 0. The zero-order chi connectivity index (χ0) is 18.7. The number of benzene rings is 2. The van der Waals surface area contributed by atoms with Crippen molar-refractivity contribution in [1.29, 1.82) is 0 Å². The summed E-state index contributed by atoms with van der Waals surface area (Å²) in [5.74, 6) is 1.03. The third kappa shape index (κ3) is 3.28. The van der Waals surface area contributed by atoms with Crippen LogP contribution in [0.1, 0.15) is 26.5 Å². The number of para-hydroxylation sites is 1. The number of halogens is 1. The van der Waals surface area contributed by atoms with Crippen LogP contribution in [0, 0.1) is 25.1 Å². The van der Waals surface area contributed by atoms with E-state index >= 15 is 0 Å². The molecule has 0 radical (unpaired) electrons. The monoisotopic (exact) mass is 350 g/mol. The number of fused-ring (bicyclic) bond motifs is 1. The van der Waals surface area contributed by atoms with Crippen LogP contribution in [0.3, 0.4) is 0 Å². The summed E-state index contributed by atoms with van der Waals surface area (Å²) in [6.07, 6.45) is 5.14. The Morgan fingerprint density at radius 3 is 2.73 bits per heavy atom. The van der Waals surface area contributed by atoms with Crippen molar-refractivity contribution in [3.63, 3.8) is 0 Å². The second-order valence-corrected chi connectivity index (χ2v) is 5.58. The molecule has 0 spiro atoms. The van der Waals surface area contributed by atoms with E-state index in [1.807, 2.05) is 0 Å². The molecule has 0 bridgehead atoms. The minimum absolute atomic E-state index is 0.0597. The highest BCUT2D eigenvalue weighted by atomic mass is 19.1.